The zero-order valence-electron chi connectivity index (χ0n) is 16.7. The molecule has 0 aliphatic rings. The zero-order chi connectivity index (χ0) is 21.2. The first kappa shape index (κ1) is 25.4. The van der Waals surface area contributed by atoms with Gasteiger partial charge in [-0.1, -0.05) is 12.1 Å². The van der Waals surface area contributed by atoms with E-state index in [-0.39, 0.29) is 36.3 Å². The molecular weight excluding hydrogens is 509 g/mol. The Bertz CT molecular complexity index is 848. The number of methoxy groups -OCH3 is 1. The van der Waals surface area contributed by atoms with Gasteiger partial charge in [-0.3, -0.25) is 4.79 Å². The zero-order valence-corrected chi connectivity index (χ0v) is 19.0. The van der Waals surface area contributed by atoms with Crippen LogP contribution in [0, 0.1) is 0 Å². The lowest BCUT2D eigenvalue weighted by atomic mass is 10.1. The number of halogens is 3. The van der Waals surface area contributed by atoms with Crippen LogP contribution in [-0.4, -0.2) is 32.1 Å². The number of nitrogens with two attached hydrogens (primary N) is 1. The smallest absolute Gasteiger partial charge is 0.387 e. The summed E-state index contributed by atoms with van der Waals surface area (Å²) < 4.78 is 35.0. The van der Waals surface area contributed by atoms with Crippen molar-refractivity contribution in [3.05, 3.63) is 59.2 Å². The average Bonchev–Trinajstić information content (AvgIpc) is 2.70. The van der Waals surface area contributed by atoms with Gasteiger partial charge in [0, 0.05) is 24.2 Å². The summed E-state index contributed by atoms with van der Waals surface area (Å²) in [6.45, 7) is 0.159. The Labute approximate surface area is 191 Å². The van der Waals surface area contributed by atoms with E-state index in [2.05, 4.69) is 20.4 Å². The number of carbonyl (C=O) groups is 1. The van der Waals surface area contributed by atoms with Crippen molar-refractivity contribution in [2.24, 2.45) is 10.7 Å². The fourth-order valence-corrected chi connectivity index (χ4v) is 2.50. The maximum absolute atomic E-state index is 12.7. The van der Waals surface area contributed by atoms with Crippen molar-refractivity contribution in [3.8, 4) is 11.5 Å². The number of rotatable bonds is 9. The molecule has 10 heteroatoms. The third-order valence-electron chi connectivity index (χ3n) is 3.93. The van der Waals surface area contributed by atoms with E-state index >= 15 is 0 Å². The first-order chi connectivity index (χ1) is 13.9. The normalized spacial score (nSPS) is 10.9. The van der Waals surface area contributed by atoms with E-state index in [0.29, 0.717) is 35.9 Å². The van der Waals surface area contributed by atoms with E-state index in [1.807, 2.05) is 6.92 Å². The quantitative estimate of drug-likeness (QED) is 0.261. The Balaban J connectivity index is 0.00000450. The number of hydrogen-bond donors (Lipinski definition) is 3. The van der Waals surface area contributed by atoms with Crippen LogP contribution in [0.1, 0.15) is 28.4 Å². The molecule has 0 radical (unpaired) electrons. The van der Waals surface area contributed by atoms with E-state index in [9.17, 15) is 13.6 Å². The first-order valence-electron chi connectivity index (χ1n) is 8.95. The second-order valence-corrected chi connectivity index (χ2v) is 5.96. The number of guanidine groups is 1. The highest BCUT2D eigenvalue weighted by atomic mass is 127. The van der Waals surface area contributed by atoms with Crippen molar-refractivity contribution in [1.82, 2.24) is 10.6 Å². The van der Waals surface area contributed by atoms with Gasteiger partial charge in [-0.05, 0) is 42.8 Å². The molecule has 0 aromatic heterocycles. The van der Waals surface area contributed by atoms with Crippen molar-refractivity contribution in [3.63, 3.8) is 0 Å². The number of hydrogen-bond acceptors (Lipinski definition) is 4. The molecule has 1 amide bonds. The number of primary amides is 1. The van der Waals surface area contributed by atoms with Gasteiger partial charge in [-0.15, -0.1) is 24.0 Å². The number of amides is 1. The third-order valence-corrected chi connectivity index (χ3v) is 3.93. The molecule has 2 aromatic carbocycles. The van der Waals surface area contributed by atoms with E-state index in [4.69, 9.17) is 10.5 Å². The van der Waals surface area contributed by atoms with Gasteiger partial charge in [0.2, 0.25) is 5.91 Å². The highest BCUT2D eigenvalue weighted by Gasteiger charge is 2.11. The minimum Gasteiger partial charge on any atom is -0.497 e. The summed E-state index contributed by atoms with van der Waals surface area (Å²) in [7, 11) is 1.50. The van der Waals surface area contributed by atoms with Gasteiger partial charge in [0.15, 0.2) is 5.96 Å². The molecule has 4 N–H and O–H groups in total. The van der Waals surface area contributed by atoms with Crippen molar-refractivity contribution in [1.29, 1.82) is 0 Å². The molecule has 0 spiro atoms. The number of nitrogens with one attached hydrogen (secondary N) is 2. The number of alkyl halides is 2. The highest BCUT2D eigenvalue weighted by molar-refractivity contribution is 14.0. The maximum atomic E-state index is 12.7. The van der Waals surface area contributed by atoms with Crippen molar-refractivity contribution in [2.75, 3.05) is 13.7 Å². The molecule has 30 heavy (non-hydrogen) atoms. The summed E-state index contributed by atoms with van der Waals surface area (Å²) >= 11 is 0. The van der Waals surface area contributed by atoms with Crippen molar-refractivity contribution in [2.45, 2.75) is 26.6 Å². The molecule has 2 aromatic rings. The summed E-state index contributed by atoms with van der Waals surface area (Å²) in [5.74, 6) is 0.596. The lowest BCUT2D eigenvalue weighted by Gasteiger charge is -2.15. The standard InChI is InChI=1S/C20H24F2N4O3.HI/c1-3-24-20(25-11-13-4-6-14(7-5-13)18(23)27)26-12-15-10-16(28-2)8-9-17(15)29-19(21)22;/h4-10,19H,3,11-12H2,1-2H3,(H2,23,27)(H2,24,25,26);1H. The second kappa shape index (κ2) is 12.8. The fourth-order valence-electron chi connectivity index (χ4n) is 2.50. The SMILES string of the molecule is CCNC(=NCc1ccc(C(N)=O)cc1)NCc1cc(OC)ccc1OC(F)F.I. The lowest BCUT2D eigenvalue weighted by Crippen LogP contribution is -2.36. The minimum atomic E-state index is -2.92. The Hall–Kier alpha value is -2.63. The Morgan fingerprint density at radius 2 is 1.87 bits per heavy atom. The van der Waals surface area contributed by atoms with Gasteiger partial charge in [0.1, 0.15) is 11.5 Å². The van der Waals surface area contributed by atoms with Crippen LogP contribution < -0.4 is 25.8 Å². The molecule has 0 atom stereocenters. The Kier molecular flexibility index (Phi) is 10.9. The molecule has 0 saturated carbocycles. The molecule has 2 rings (SSSR count). The average molecular weight is 534 g/mol. The monoisotopic (exact) mass is 534 g/mol. The minimum absolute atomic E-state index is 0. The fraction of sp³-hybridized carbons (Fsp3) is 0.300. The van der Waals surface area contributed by atoms with Gasteiger partial charge in [0.25, 0.3) is 0 Å². The van der Waals surface area contributed by atoms with Crippen LogP contribution in [0.15, 0.2) is 47.5 Å². The molecular formula is C20H25F2IN4O3. The summed E-state index contributed by atoms with van der Waals surface area (Å²) in [5.41, 5.74) is 7.04. The summed E-state index contributed by atoms with van der Waals surface area (Å²) in [5, 5.41) is 6.17. The van der Waals surface area contributed by atoms with Gasteiger partial charge in [-0.25, -0.2) is 4.99 Å². The molecule has 0 aliphatic heterocycles. The van der Waals surface area contributed by atoms with Crippen LogP contribution in [0.4, 0.5) is 8.78 Å². The third kappa shape index (κ3) is 8.01. The van der Waals surface area contributed by atoms with Crippen LogP contribution >= 0.6 is 24.0 Å². The number of nitrogens with zero attached hydrogens (tertiary/aromatic N) is 1. The lowest BCUT2D eigenvalue weighted by molar-refractivity contribution is -0.0505. The van der Waals surface area contributed by atoms with Crippen molar-refractivity contribution < 1.29 is 23.0 Å². The Morgan fingerprint density at radius 3 is 2.43 bits per heavy atom. The van der Waals surface area contributed by atoms with Crippen LogP contribution in [0.3, 0.4) is 0 Å². The molecule has 0 unspecified atom stereocenters. The molecule has 0 fully saturated rings. The number of benzene rings is 2. The first-order valence-corrected chi connectivity index (χ1v) is 8.95. The summed E-state index contributed by atoms with van der Waals surface area (Å²) in [4.78, 5) is 15.6. The molecule has 0 heterocycles. The molecule has 7 nitrogen and oxygen atoms in total. The van der Waals surface area contributed by atoms with Crippen LogP contribution in [-0.2, 0) is 13.1 Å². The molecule has 0 aliphatic carbocycles. The van der Waals surface area contributed by atoms with Gasteiger partial charge < -0.3 is 25.8 Å². The number of ether oxygens (including phenoxy) is 2. The number of carbonyl (C=O) groups excluding carboxylic acids is 1. The largest absolute Gasteiger partial charge is 0.497 e. The van der Waals surface area contributed by atoms with E-state index in [0.717, 1.165) is 5.56 Å². The summed E-state index contributed by atoms with van der Waals surface area (Å²) in [6, 6.07) is 11.4. The summed E-state index contributed by atoms with van der Waals surface area (Å²) in [6.07, 6.45) is 0. The van der Waals surface area contributed by atoms with Crippen LogP contribution in [0.25, 0.3) is 0 Å². The number of aliphatic imine (C=N–C) groups is 1. The maximum Gasteiger partial charge on any atom is 0.387 e. The van der Waals surface area contributed by atoms with Gasteiger partial charge in [0.05, 0.1) is 13.7 Å². The predicted octanol–water partition coefficient (Wildman–Crippen LogP) is 3.27. The molecule has 164 valence electrons. The van der Waals surface area contributed by atoms with Gasteiger partial charge in [-0.2, -0.15) is 8.78 Å². The van der Waals surface area contributed by atoms with E-state index < -0.39 is 12.5 Å². The second-order valence-electron chi connectivity index (χ2n) is 5.96. The van der Waals surface area contributed by atoms with E-state index in [1.165, 1.54) is 13.2 Å². The Morgan fingerprint density at radius 1 is 1.17 bits per heavy atom. The topological polar surface area (TPSA) is 98.0 Å². The highest BCUT2D eigenvalue weighted by Crippen LogP contribution is 2.25. The van der Waals surface area contributed by atoms with Crippen molar-refractivity contribution >= 4 is 35.8 Å². The van der Waals surface area contributed by atoms with Crippen LogP contribution in [0.2, 0.25) is 0 Å². The predicted molar refractivity (Wildman–Crippen MR) is 122 cm³/mol. The van der Waals surface area contributed by atoms with E-state index in [1.54, 1.807) is 36.4 Å². The van der Waals surface area contributed by atoms with Gasteiger partial charge >= 0.3 is 6.61 Å². The molecule has 0 saturated heterocycles. The molecule has 0 bridgehead atoms. The van der Waals surface area contributed by atoms with Crippen LogP contribution in [0.5, 0.6) is 11.5 Å².